The van der Waals surface area contributed by atoms with Crippen molar-refractivity contribution in [3.8, 4) is 6.07 Å². The summed E-state index contributed by atoms with van der Waals surface area (Å²) < 4.78 is 11.8. The van der Waals surface area contributed by atoms with E-state index in [0.29, 0.717) is 11.8 Å². The maximum absolute atomic E-state index is 13.5. The van der Waals surface area contributed by atoms with E-state index in [1.165, 1.54) is 5.57 Å². The summed E-state index contributed by atoms with van der Waals surface area (Å²) >= 11 is 0. The van der Waals surface area contributed by atoms with Gasteiger partial charge in [-0.15, -0.1) is 0 Å². The zero-order chi connectivity index (χ0) is 25.4. The lowest BCUT2D eigenvalue weighted by Crippen LogP contribution is -2.56. The first-order chi connectivity index (χ1) is 16.4. The maximum atomic E-state index is 13.5. The lowest BCUT2D eigenvalue weighted by Gasteiger charge is -2.58. The zero-order valence-electron chi connectivity index (χ0n) is 22.2. The van der Waals surface area contributed by atoms with Crippen LogP contribution in [0.2, 0.25) is 0 Å². The lowest BCUT2D eigenvalue weighted by molar-refractivity contribution is -0.172. The number of nitriles is 1. The molecular formula is C30H41NO4. The monoisotopic (exact) mass is 479 g/mol. The van der Waals surface area contributed by atoms with Crippen LogP contribution in [0, 0.1) is 62.6 Å². The van der Waals surface area contributed by atoms with Gasteiger partial charge in [-0.2, -0.15) is 5.26 Å². The van der Waals surface area contributed by atoms with E-state index in [1.54, 1.807) is 0 Å². The highest BCUT2D eigenvalue weighted by Gasteiger charge is 2.70. The normalized spacial score (nSPS) is 42.5. The molecule has 0 saturated heterocycles. The molecule has 7 atom stereocenters. The van der Waals surface area contributed by atoms with Crippen LogP contribution in [-0.4, -0.2) is 24.6 Å². The van der Waals surface area contributed by atoms with Crippen molar-refractivity contribution in [2.24, 2.45) is 51.2 Å². The molecule has 0 bridgehead atoms. The summed E-state index contributed by atoms with van der Waals surface area (Å²) in [5.41, 5.74) is 1.12. The Bertz CT molecular complexity index is 1020. The largest absolute Gasteiger partial charge is 0.461 e. The molecule has 4 fully saturated rings. The molecule has 5 nitrogen and oxygen atoms in total. The summed E-state index contributed by atoms with van der Waals surface area (Å²) in [5.74, 6) is 0.373. The van der Waals surface area contributed by atoms with Gasteiger partial charge in [-0.25, -0.2) is 0 Å². The summed E-state index contributed by atoms with van der Waals surface area (Å²) in [7, 11) is 0. The van der Waals surface area contributed by atoms with Gasteiger partial charge in [0.1, 0.15) is 12.2 Å². The molecule has 0 N–H and O–H groups in total. The van der Waals surface area contributed by atoms with Crippen LogP contribution in [0.1, 0.15) is 80.1 Å². The number of allylic oxidation sites excluding steroid dienone is 3. The molecular weight excluding hydrogens is 438 g/mol. The second-order valence-electron chi connectivity index (χ2n) is 13.4. The van der Waals surface area contributed by atoms with Crippen molar-refractivity contribution in [1.29, 1.82) is 5.26 Å². The molecule has 5 aliphatic carbocycles. The van der Waals surface area contributed by atoms with Gasteiger partial charge in [-0.1, -0.05) is 65.3 Å². The van der Waals surface area contributed by atoms with E-state index in [-0.39, 0.29) is 64.1 Å². The van der Waals surface area contributed by atoms with E-state index in [2.05, 4.69) is 59.8 Å². The number of ether oxygens (including phenoxy) is 2. The summed E-state index contributed by atoms with van der Waals surface area (Å²) in [6, 6.07) is 1.93. The quantitative estimate of drug-likeness (QED) is 0.365. The van der Waals surface area contributed by atoms with Gasteiger partial charge in [0.2, 0.25) is 0 Å². The van der Waals surface area contributed by atoms with Gasteiger partial charge in [0.05, 0.1) is 11.8 Å². The fourth-order valence-electron chi connectivity index (χ4n) is 9.00. The Morgan fingerprint density at radius 3 is 2.40 bits per heavy atom. The van der Waals surface area contributed by atoms with Crippen LogP contribution in [0.3, 0.4) is 0 Å². The fraction of sp³-hybridized carbons (Fsp3) is 0.767. The highest BCUT2D eigenvalue weighted by atomic mass is 16.5. The molecule has 5 aliphatic rings. The summed E-state index contributed by atoms with van der Waals surface area (Å²) in [6.45, 7) is 13.1. The number of esters is 2. The number of carbonyl (C=O) groups excluding carboxylic acids is 2. The molecule has 0 spiro atoms. The number of rotatable bonds is 4. The highest BCUT2D eigenvalue weighted by Crippen LogP contribution is 2.70. The predicted molar refractivity (Wildman–Crippen MR) is 133 cm³/mol. The molecule has 0 heterocycles. The summed E-state index contributed by atoms with van der Waals surface area (Å²) in [5, 5.41) is 8.90. The molecule has 0 radical (unpaired) electrons. The molecule has 0 amide bonds. The average Bonchev–Trinajstić information content (AvgIpc) is 3.03. The Labute approximate surface area is 210 Å². The first kappa shape index (κ1) is 24.6. The minimum atomic E-state index is -0.231. The smallest absolute Gasteiger partial charge is 0.310 e. The standard InChI is InChI=1S/C30H41NO4/c1-27(2)24(28(27,3)4)26(33)35-22-17-18-9-7-8-13-29(18,5)20-12-14-30(6)19(23(20)22)10-11-21(30)25(32)34-16-15-31/h8-9,13,19-24H,7,10-12,14,16-17H2,1-6H3/t19-,20-,21+,22+,23-,29-,30-/m0/s1. The fourth-order valence-corrected chi connectivity index (χ4v) is 9.00. The molecule has 0 aromatic carbocycles. The molecule has 0 unspecified atom stereocenters. The first-order valence-corrected chi connectivity index (χ1v) is 13.5. The van der Waals surface area contributed by atoms with Gasteiger partial charge in [0.15, 0.2) is 6.61 Å². The van der Waals surface area contributed by atoms with Crippen LogP contribution in [0.4, 0.5) is 0 Å². The molecule has 4 saturated carbocycles. The minimum absolute atomic E-state index is 0.00925. The van der Waals surface area contributed by atoms with Crippen LogP contribution in [0.15, 0.2) is 23.8 Å². The van der Waals surface area contributed by atoms with Crippen LogP contribution < -0.4 is 0 Å². The van der Waals surface area contributed by atoms with Crippen LogP contribution >= 0.6 is 0 Å². The Hall–Kier alpha value is -2.09. The molecule has 0 aromatic heterocycles. The van der Waals surface area contributed by atoms with E-state index in [1.807, 2.05) is 6.07 Å². The van der Waals surface area contributed by atoms with E-state index in [0.717, 1.165) is 38.5 Å². The van der Waals surface area contributed by atoms with Gasteiger partial charge in [-0.05, 0) is 60.2 Å². The lowest BCUT2D eigenvalue weighted by atomic mass is 9.47. The minimum Gasteiger partial charge on any atom is -0.461 e. The topological polar surface area (TPSA) is 76.4 Å². The Kier molecular flexibility index (Phi) is 5.59. The van der Waals surface area contributed by atoms with Gasteiger partial charge < -0.3 is 9.47 Å². The average molecular weight is 480 g/mol. The van der Waals surface area contributed by atoms with Crippen molar-refractivity contribution in [2.75, 3.05) is 6.61 Å². The third kappa shape index (κ3) is 3.38. The Balaban J connectivity index is 1.47. The van der Waals surface area contributed by atoms with E-state index >= 15 is 0 Å². The molecule has 5 heteroatoms. The molecule has 0 aromatic rings. The van der Waals surface area contributed by atoms with Gasteiger partial charge in [-0.3, -0.25) is 9.59 Å². The first-order valence-electron chi connectivity index (χ1n) is 13.5. The van der Waals surface area contributed by atoms with Crippen molar-refractivity contribution in [1.82, 2.24) is 0 Å². The highest BCUT2D eigenvalue weighted by molar-refractivity contribution is 5.79. The SMILES string of the molecule is CC1(C)C(C(=O)O[C@@H]2CC3=CCC=C[C@]3(C)[C@H]3CC[C@]4(C)[C@@H](C(=O)OCC#N)CC[C@H]4[C@H]23)C1(C)C. The third-order valence-electron chi connectivity index (χ3n) is 11.7. The zero-order valence-corrected chi connectivity index (χ0v) is 22.2. The van der Waals surface area contributed by atoms with Gasteiger partial charge in [0, 0.05) is 17.8 Å². The molecule has 0 aliphatic heterocycles. The van der Waals surface area contributed by atoms with Crippen molar-refractivity contribution in [2.45, 2.75) is 86.2 Å². The second-order valence-corrected chi connectivity index (χ2v) is 13.4. The second kappa shape index (κ2) is 7.95. The number of hydrogen-bond donors (Lipinski definition) is 0. The maximum Gasteiger partial charge on any atom is 0.310 e. The Morgan fingerprint density at radius 2 is 1.74 bits per heavy atom. The van der Waals surface area contributed by atoms with Crippen molar-refractivity contribution in [3.63, 3.8) is 0 Å². The predicted octanol–water partition coefficient (Wildman–Crippen LogP) is 6.00. The number of fused-ring (bicyclic) bond motifs is 5. The van der Waals surface area contributed by atoms with E-state index in [4.69, 9.17) is 14.7 Å². The number of carbonyl (C=O) groups is 2. The van der Waals surface area contributed by atoms with Crippen molar-refractivity contribution < 1.29 is 19.1 Å². The number of hydrogen-bond acceptors (Lipinski definition) is 5. The third-order valence-corrected chi connectivity index (χ3v) is 11.7. The summed E-state index contributed by atoms with van der Waals surface area (Å²) in [6.07, 6.45) is 12.3. The van der Waals surface area contributed by atoms with Crippen LogP contribution in [-0.2, 0) is 19.1 Å². The van der Waals surface area contributed by atoms with E-state index < -0.39 is 0 Å². The van der Waals surface area contributed by atoms with Crippen LogP contribution in [0.25, 0.3) is 0 Å². The molecule has 5 rings (SSSR count). The van der Waals surface area contributed by atoms with Crippen molar-refractivity contribution >= 4 is 11.9 Å². The number of nitrogens with zero attached hydrogens (tertiary/aromatic N) is 1. The Morgan fingerprint density at radius 1 is 1.03 bits per heavy atom. The summed E-state index contributed by atoms with van der Waals surface area (Å²) in [4.78, 5) is 26.5. The van der Waals surface area contributed by atoms with E-state index in [9.17, 15) is 9.59 Å². The van der Waals surface area contributed by atoms with Crippen LogP contribution in [0.5, 0.6) is 0 Å². The molecule has 35 heavy (non-hydrogen) atoms. The van der Waals surface area contributed by atoms with Gasteiger partial charge >= 0.3 is 11.9 Å². The van der Waals surface area contributed by atoms with Crippen molar-refractivity contribution in [3.05, 3.63) is 23.8 Å². The molecule has 190 valence electrons. The van der Waals surface area contributed by atoms with Gasteiger partial charge in [0.25, 0.3) is 0 Å².